The van der Waals surface area contributed by atoms with Gasteiger partial charge in [-0.3, -0.25) is 4.79 Å². The maximum Gasteiger partial charge on any atom is 0.230 e. The van der Waals surface area contributed by atoms with Crippen molar-refractivity contribution in [3.63, 3.8) is 0 Å². The summed E-state index contributed by atoms with van der Waals surface area (Å²) in [5, 5.41) is 3.74. The van der Waals surface area contributed by atoms with Crippen LogP contribution in [0.3, 0.4) is 0 Å². The number of hydrogen-bond acceptors (Lipinski definition) is 5. The highest BCUT2D eigenvalue weighted by atomic mass is 32.2. The third kappa shape index (κ3) is 3.98. The summed E-state index contributed by atoms with van der Waals surface area (Å²) in [6.45, 7) is 3.75. The second-order valence-corrected chi connectivity index (χ2v) is 6.03. The molecule has 23 heavy (non-hydrogen) atoms. The van der Waals surface area contributed by atoms with Crippen LogP contribution < -0.4 is 14.8 Å². The van der Waals surface area contributed by atoms with Gasteiger partial charge in [0, 0.05) is 18.9 Å². The van der Waals surface area contributed by atoms with Gasteiger partial charge in [-0.15, -0.1) is 0 Å². The van der Waals surface area contributed by atoms with Crippen molar-refractivity contribution < 1.29 is 14.3 Å². The van der Waals surface area contributed by atoms with Crippen molar-refractivity contribution in [1.82, 2.24) is 14.9 Å². The van der Waals surface area contributed by atoms with Crippen molar-refractivity contribution in [1.29, 1.82) is 0 Å². The molecule has 6 nitrogen and oxygen atoms in total. The van der Waals surface area contributed by atoms with Crippen LogP contribution in [0.15, 0.2) is 41.8 Å². The topological polar surface area (TPSA) is 65.4 Å². The highest BCUT2D eigenvalue weighted by molar-refractivity contribution is 7.99. The third-order valence-electron chi connectivity index (χ3n) is 3.44. The molecule has 122 valence electrons. The molecule has 3 rings (SSSR count). The maximum absolute atomic E-state index is 12.0. The molecule has 0 aliphatic carbocycles. The molecule has 0 saturated carbocycles. The molecule has 0 fully saturated rings. The lowest BCUT2D eigenvalue weighted by Crippen LogP contribution is -2.41. The van der Waals surface area contributed by atoms with E-state index in [1.807, 2.05) is 42.0 Å². The smallest absolute Gasteiger partial charge is 0.230 e. The zero-order valence-corrected chi connectivity index (χ0v) is 13.7. The quantitative estimate of drug-likeness (QED) is 0.819. The lowest BCUT2D eigenvalue weighted by molar-refractivity contribution is -0.119. The minimum absolute atomic E-state index is 0.0388. The summed E-state index contributed by atoms with van der Waals surface area (Å²) in [6.07, 6.45) is 3.48. The SMILES string of the molecule is CCn1ccnc1SCC(=O)NCC1COc2ccccc2O1. The Morgan fingerprint density at radius 1 is 1.43 bits per heavy atom. The van der Waals surface area contributed by atoms with Crippen molar-refractivity contribution in [2.75, 3.05) is 18.9 Å². The second kappa shape index (κ2) is 7.41. The molecule has 1 aliphatic rings. The summed E-state index contributed by atoms with van der Waals surface area (Å²) in [5.74, 6) is 1.76. The van der Waals surface area contributed by atoms with Crippen molar-refractivity contribution >= 4 is 17.7 Å². The number of para-hydroxylation sites is 2. The van der Waals surface area contributed by atoms with E-state index in [0.717, 1.165) is 23.2 Å². The van der Waals surface area contributed by atoms with Crippen molar-refractivity contribution in [3.8, 4) is 11.5 Å². The average molecular weight is 333 g/mol. The van der Waals surface area contributed by atoms with E-state index in [1.54, 1.807) is 6.20 Å². The van der Waals surface area contributed by atoms with Gasteiger partial charge in [0.05, 0.1) is 12.3 Å². The van der Waals surface area contributed by atoms with E-state index in [1.165, 1.54) is 11.8 Å². The van der Waals surface area contributed by atoms with E-state index in [9.17, 15) is 4.79 Å². The zero-order chi connectivity index (χ0) is 16.1. The number of ether oxygens (including phenoxy) is 2. The highest BCUT2D eigenvalue weighted by Gasteiger charge is 2.21. The van der Waals surface area contributed by atoms with E-state index in [2.05, 4.69) is 10.3 Å². The van der Waals surface area contributed by atoms with Gasteiger partial charge in [-0.2, -0.15) is 0 Å². The Kier molecular flexibility index (Phi) is 5.07. The van der Waals surface area contributed by atoms with Gasteiger partial charge >= 0.3 is 0 Å². The molecule has 2 aromatic rings. The number of aromatic nitrogens is 2. The molecule has 0 spiro atoms. The molecule has 1 unspecified atom stereocenters. The Balaban J connectivity index is 1.43. The summed E-state index contributed by atoms with van der Waals surface area (Å²) in [6, 6.07) is 7.54. The van der Waals surface area contributed by atoms with E-state index < -0.39 is 0 Å². The molecular weight excluding hydrogens is 314 g/mol. The number of aryl methyl sites for hydroxylation is 1. The number of hydrogen-bond donors (Lipinski definition) is 1. The molecular formula is C16H19N3O3S. The lowest BCUT2D eigenvalue weighted by Gasteiger charge is -2.26. The number of rotatable bonds is 6. The molecule has 1 aromatic heterocycles. The number of carbonyl (C=O) groups excluding carboxylic acids is 1. The molecule has 1 atom stereocenters. The summed E-state index contributed by atoms with van der Waals surface area (Å²) >= 11 is 1.43. The number of fused-ring (bicyclic) bond motifs is 1. The van der Waals surface area contributed by atoms with Crippen LogP contribution in [0, 0.1) is 0 Å². The van der Waals surface area contributed by atoms with Crippen LogP contribution in [0.2, 0.25) is 0 Å². The van der Waals surface area contributed by atoms with Crippen molar-refractivity contribution in [2.24, 2.45) is 0 Å². The fourth-order valence-electron chi connectivity index (χ4n) is 2.25. The maximum atomic E-state index is 12.0. The first-order valence-corrected chi connectivity index (χ1v) is 8.54. The minimum Gasteiger partial charge on any atom is -0.486 e. The Morgan fingerprint density at radius 3 is 3.09 bits per heavy atom. The average Bonchev–Trinajstić information content (AvgIpc) is 3.05. The van der Waals surface area contributed by atoms with Gasteiger partial charge in [0.2, 0.25) is 5.91 Å². The van der Waals surface area contributed by atoms with E-state index in [0.29, 0.717) is 18.9 Å². The monoisotopic (exact) mass is 333 g/mol. The molecule has 1 aliphatic heterocycles. The Labute approximate surface area is 139 Å². The molecule has 7 heteroatoms. The fourth-order valence-corrected chi connectivity index (χ4v) is 3.10. The van der Waals surface area contributed by atoms with Crippen molar-refractivity contribution in [2.45, 2.75) is 24.7 Å². The Bertz CT molecular complexity index is 674. The first-order chi connectivity index (χ1) is 11.3. The van der Waals surface area contributed by atoms with E-state index in [-0.39, 0.29) is 12.0 Å². The molecule has 1 aromatic carbocycles. The highest BCUT2D eigenvalue weighted by Crippen LogP contribution is 2.30. The first-order valence-electron chi connectivity index (χ1n) is 7.55. The Morgan fingerprint density at radius 2 is 2.26 bits per heavy atom. The van der Waals surface area contributed by atoms with Gasteiger partial charge in [0.25, 0.3) is 0 Å². The van der Waals surface area contributed by atoms with Crippen molar-refractivity contribution in [3.05, 3.63) is 36.7 Å². The van der Waals surface area contributed by atoms with Crippen LogP contribution in [0.25, 0.3) is 0 Å². The van der Waals surface area contributed by atoms with Gasteiger partial charge in [-0.1, -0.05) is 23.9 Å². The summed E-state index contributed by atoms with van der Waals surface area (Å²) in [7, 11) is 0. The van der Waals surface area contributed by atoms with Gasteiger partial charge in [-0.05, 0) is 19.1 Å². The summed E-state index contributed by atoms with van der Waals surface area (Å²) < 4.78 is 13.4. The number of nitrogens with one attached hydrogen (secondary N) is 1. The zero-order valence-electron chi connectivity index (χ0n) is 12.9. The predicted molar refractivity (Wildman–Crippen MR) is 88.0 cm³/mol. The molecule has 0 bridgehead atoms. The van der Waals surface area contributed by atoms with Crippen LogP contribution in [-0.2, 0) is 11.3 Å². The number of carbonyl (C=O) groups is 1. The molecule has 0 radical (unpaired) electrons. The lowest BCUT2D eigenvalue weighted by atomic mass is 10.2. The van der Waals surface area contributed by atoms with E-state index >= 15 is 0 Å². The second-order valence-electron chi connectivity index (χ2n) is 5.09. The first kappa shape index (κ1) is 15.7. The summed E-state index contributed by atoms with van der Waals surface area (Å²) in [5.41, 5.74) is 0. The van der Waals surface area contributed by atoms with Crippen LogP contribution in [0.5, 0.6) is 11.5 Å². The molecule has 1 N–H and O–H groups in total. The van der Waals surface area contributed by atoms with Gasteiger partial charge in [0.1, 0.15) is 12.7 Å². The minimum atomic E-state index is -0.170. The Hall–Kier alpha value is -2.15. The van der Waals surface area contributed by atoms with Gasteiger partial charge in [0.15, 0.2) is 16.7 Å². The number of amides is 1. The number of nitrogens with zero attached hydrogens (tertiary/aromatic N) is 2. The van der Waals surface area contributed by atoms with Crippen LogP contribution in [0.1, 0.15) is 6.92 Å². The summed E-state index contributed by atoms with van der Waals surface area (Å²) in [4.78, 5) is 16.2. The van der Waals surface area contributed by atoms with E-state index in [4.69, 9.17) is 9.47 Å². The third-order valence-corrected chi connectivity index (χ3v) is 4.45. The predicted octanol–water partition coefficient (Wildman–Crippen LogP) is 1.95. The standard InChI is InChI=1S/C16H19N3O3S/c1-2-19-8-7-17-16(19)23-11-15(20)18-9-12-10-21-13-5-3-4-6-14(13)22-12/h3-8,12H,2,9-11H2,1H3,(H,18,20). The van der Waals surface area contributed by atoms with Gasteiger partial charge in [-0.25, -0.2) is 4.98 Å². The fraction of sp³-hybridized carbons (Fsp3) is 0.375. The molecule has 0 saturated heterocycles. The molecule has 1 amide bonds. The van der Waals surface area contributed by atoms with Crippen LogP contribution in [-0.4, -0.2) is 40.5 Å². The normalized spacial score (nSPS) is 16.1. The van der Waals surface area contributed by atoms with Crippen LogP contribution in [0.4, 0.5) is 0 Å². The largest absolute Gasteiger partial charge is 0.486 e. The number of imidazole rings is 1. The van der Waals surface area contributed by atoms with Crippen LogP contribution >= 0.6 is 11.8 Å². The van der Waals surface area contributed by atoms with Gasteiger partial charge < -0.3 is 19.4 Å². The number of thioether (sulfide) groups is 1. The molecule has 2 heterocycles. The number of benzene rings is 1.